The number of carbonyl (C=O) groups excluding carboxylic acids is 1. The molecule has 0 bridgehead atoms. The highest BCUT2D eigenvalue weighted by molar-refractivity contribution is 6.38. The summed E-state index contributed by atoms with van der Waals surface area (Å²) >= 11 is 14.0. The van der Waals surface area contributed by atoms with Crippen LogP contribution in [0, 0.1) is 5.41 Å². The number of likely N-dealkylation sites (tertiary alicyclic amines) is 1. The lowest BCUT2D eigenvalue weighted by Crippen LogP contribution is -2.63. The number of aromatic nitrogens is 3. The zero-order valence-corrected chi connectivity index (χ0v) is 30.0. The van der Waals surface area contributed by atoms with Crippen molar-refractivity contribution in [1.29, 1.82) is 0 Å². The van der Waals surface area contributed by atoms with Gasteiger partial charge in [0.1, 0.15) is 17.1 Å². The number of ether oxygens (including phenoxy) is 2. The van der Waals surface area contributed by atoms with Crippen LogP contribution in [0.25, 0.3) is 22.4 Å². The lowest BCUT2D eigenvalue weighted by molar-refractivity contribution is -0.131. The van der Waals surface area contributed by atoms with E-state index >= 15 is 0 Å². The predicted molar refractivity (Wildman–Crippen MR) is 191 cm³/mol. The van der Waals surface area contributed by atoms with Gasteiger partial charge in [-0.15, -0.1) is 0 Å². The number of hydrogen-bond donors (Lipinski definition) is 1. The Morgan fingerprint density at radius 2 is 1.78 bits per heavy atom. The summed E-state index contributed by atoms with van der Waals surface area (Å²) in [5.41, 5.74) is 5.18. The van der Waals surface area contributed by atoms with Gasteiger partial charge in [0.25, 0.3) is 0 Å². The highest BCUT2D eigenvalue weighted by Gasteiger charge is 2.51. The first-order chi connectivity index (χ1) is 24.6. The largest absolute Gasteiger partial charge is 0.480 e. The van der Waals surface area contributed by atoms with Crippen molar-refractivity contribution in [3.8, 4) is 34.0 Å². The Labute approximate surface area is 305 Å². The standard InChI is InChI=1S/C38H39Cl2F2N5O4/c1-3-11-46-12-10-26-30(18-46)44-28(14-33(26)51-37(41)42)32(49)13-22-6-4-7-24(34(22)39)25-8-5-9-27(35(25)40)29-17-43-31(36(45-29)50-2)19-47-20-38(21-47)15-23(48)16-38/h4-9,14,17,23,37,48H,3,10-13,15-16,18-21H2,1-2H3. The zero-order chi connectivity index (χ0) is 35.9. The van der Waals surface area contributed by atoms with Gasteiger partial charge in [0.05, 0.1) is 40.8 Å². The molecule has 4 heterocycles. The van der Waals surface area contributed by atoms with Crippen LogP contribution < -0.4 is 9.47 Å². The summed E-state index contributed by atoms with van der Waals surface area (Å²) in [5.74, 6) is 0.0386. The van der Waals surface area contributed by atoms with Crippen LogP contribution in [0.1, 0.15) is 59.2 Å². The Kier molecular flexibility index (Phi) is 10.3. The van der Waals surface area contributed by atoms with Crippen LogP contribution in [0.4, 0.5) is 8.78 Å². The Morgan fingerprint density at radius 3 is 2.49 bits per heavy atom. The van der Waals surface area contributed by atoms with Crippen molar-refractivity contribution in [2.45, 2.75) is 64.8 Å². The number of nitrogens with zero attached hydrogens (tertiary/aromatic N) is 5. The zero-order valence-electron chi connectivity index (χ0n) is 28.5. The molecule has 9 nitrogen and oxygen atoms in total. The summed E-state index contributed by atoms with van der Waals surface area (Å²) in [7, 11) is 1.56. The second kappa shape index (κ2) is 14.7. The van der Waals surface area contributed by atoms with Gasteiger partial charge in [-0.05, 0) is 37.8 Å². The monoisotopic (exact) mass is 737 g/mol. The fraction of sp³-hybridized carbons (Fsp3) is 0.421. The molecule has 13 heteroatoms. The maximum absolute atomic E-state index is 13.6. The summed E-state index contributed by atoms with van der Waals surface area (Å²) in [6.07, 6.45) is 4.56. The maximum Gasteiger partial charge on any atom is 0.387 e. The second-order valence-electron chi connectivity index (χ2n) is 13.8. The molecule has 268 valence electrons. The fourth-order valence-corrected chi connectivity index (χ4v) is 8.38. The van der Waals surface area contributed by atoms with Crippen LogP contribution in [0.5, 0.6) is 11.6 Å². The van der Waals surface area contributed by atoms with Gasteiger partial charge in [-0.2, -0.15) is 8.78 Å². The summed E-state index contributed by atoms with van der Waals surface area (Å²) < 4.78 is 37.2. The molecular formula is C38H39Cl2F2N5O4. The third-order valence-electron chi connectivity index (χ3n) is 10.1. The number of hydrogen-bond acceptors (Lipinski definition) is 9. The van der Waals surface area contributed by atoms with Gasteiger partial charge in [-0.3, -0.25) is 19.6 Å². The van der Waals surface area contributed by atoms with E-state index in [0.717, 1.165) is 44.6 Å². The van der Waals surface area contributed by atoms with Gasteiger partial charge < -0.3 is 14.6 Å². The van der Waals surface area contributed by atoms with E-state index in [2.05, 4.69) is 21.7 Å². The molecule has 4 aromatic rings. The molecule has 3 aliphatic rings. The average Bonchev–Trinajstić information content (AvgIpc) is 3.07. The second-order valence-corrected chi connectivity index (χ2v) is 14.6. The van der Waals surface area contributed by atoms with Gasteiger partial charge in [0, 0.05) is 72.9 Å². The number of Topliss-reactive ketones (excluding diaryl/α,β-unsaturated/α-hetero) is 1. The molecule has 0 amide bonds. The van der Waals surface area contributed by atoms with Gasteiger partial charge in [-0.25, -0.2) is 9.97 Å². The summed E-state index contributed by atoms with van der Waals surface area (Å²) in [4.78, 5) is 32.2. The van der Waals surface area contributed by atoms with Crippen molar-refractivity contribution in [1.82, 2.24) is 24.8 Å². The number of halogens is 4. The van der Waals surface area contributed by atoms with Crippen molar-refractivity contribution >= 4 is 29.0 Å². The summed E-state index contributed by atoms with van der Waals surface area (Å²) in [5, 5.41) is 10.5. The van der Waals surface area contributed by atoms with Gasteiger partial charge in [0.2, 0.25) is 5.88 Å². The highest BCUT2D eigenvalue weighted by atomic mass is 35.5. The average molecular weight is 739 g/mol. The minimum atomic E-state index is -3.02. The number of aliphatic hydroxyl groups is 1. The van der Waals surface area contributed by atoms with E-state index in [-0.39, 0.29) is 35.2 Å². The smallest absolute Gasteiger partial charge is 0.387 e. The Hall–Kier alpha value is -3.74. The molecular weight excluding hydrogens is 699 g/mol. The fourth-order valence-electron chi connectivity index (χ4n) is 7.76. The summed E-state index contributed by atoms with van der Waals surface area (Å²) in [6, 6.07) is 12.2. The van der Waals surface area contributed by atoms with E-state index in [1.54, 1.807) is 25.4 Å². The van der Waals surface area contributed by atoms with Crippen LogP contribution in [0.2, 0.25) is 10.0 Å². The van der Waals surface area contributed by atoms with Crippen LogP contribution >= 0.6 is 23.2 Å². The molecule has 51 heavy (non-hydrogen) atoms. The predicted octanol–water partition coefficient (Wildman–Crippen LogP) is 7.27. The van der Waals surface area contributed by atoms with Crippen LogP contribution in [-0.2, 0) is 25.9 Å². The molecule has 1 aliphatic carbocycles. The van der Waals surface area contributed by atoms with Crippen molar-refractivity contribution in [3.05, 3.63) is 86.9 Å². The molecule has 2 aromatic carbocycles. The number of ketones is 1. The lowest BCUT2D eigenvalue weighted by Gasteiger charge is -2.57. The van der Waals surface area contributed by atoms with Gasteiger partial charge in [0.15, 0.2) is 5.78 Å². The molecule has 1 saturated carbocycles. The molecule has 0 atom stereocenters. The molecule has 2 aliphatic heterocycles. The van der Waals surface area contributed by atoms with E-state index in [4.69, 9.17) is 42.6 Å². The van der Waals surface area contributed by atoms with Gasteiger partial charge in [-0.1, -0.05) is 66.5 Å². The van der Waals surface area contributed by atoms with Crippen LogP contribution in [-0.4, -0.2) is 81.6 Å². The SMILES string of the molecule is CCCN1CCc2c(OC(F)F)cc(C(=O)Cc3cccc(-c4cccc(-c5cnc(CN6CC7(CC(O)C7)C6)c(OC)n5)c4Cl)c3Cl)nc2C1. The molecule has 2 fully saturated rings. The first-order valence-corrected chi connectivity index (χ1v) is 17.9. The molecule has 7 rings (SSSR count). The number of pyridine rings is 1. The normalized spacial score (nSPS) is 17.3. The number of carbonyl (C=O) groups is 1. The number of rotatable bonds is 12. The number of alkyl halides is 2. The number of methoxy groups -OCH3 is 1. The third-order valence-corrected chi connectivity index (χ3v) is 10.9. The Balaban J connectivity index is 1.12. The van der Waals surface area contributed by atoms with Crippen molar-refractivity contribution < 1.29 is 28.2 Å². The quantitative estimate of drug-likeness (QED) is 0.151. The third kappa shape index (κ3) is 7.32. The van der Waals surface area contributed by atoms with E-state index in [0.29, 0.717) is 81.2 Å². The summed E-state index contributed by atoms with van der Waals surface area (Å²) in [6.45, 7) is 3.50. The number of aliphatic hydroxyl groups excluding tert-OH is 1. The van der Waals surface area contributed by atoms with Crippen molar-refractivity contribution in [3.63, 3.8) is 0 Å². The molecule has 1 spiro atoms. The first-order valence-electron chi connectivity index (χ1n) is 17.2. The van der Waals surface area contributed by atoms with Gasteiger partial charge >= 0.3 is 6.61 Å². The minimum Gasteiger partial charge on any atom is -0.480 e. The Morgan fingerprint density at radius 1 is 1.06 bits per heavy atom. The maximum atomic E-state index is 13.6. The van der Waals surface area contributed by atoms with Crippen LogP contribution in [0.3, 0.4) is 0 Å². The van der Waals surface area contributed by atoms with Crippen LogP contribution in [0.15, 0.2) is 48.7 Å². The van der Waals surface area contributed by atoms with Crippen molar-refractivity contribution in [2.24, 2.45) is 5.41 Å². The lowest BCUT2D eigenvalue weighted by atomic mass is 9.62. The minimum absolute atomic E-state index is 0.00551. The molecule has 1 N–H and O–H groups in total. The van der Waals surface area contributed by atoms with Crippen molar-refractivity contribution in [2.75, 3.05) is 33.3 Å². The van der Waals surface area contributed by atoms with E-state index < -0.39 is 6.61 Å². The molecule has 2 aromatic heterocycles. The van der Waals surface area contributed by atoms with E-state index in [1.807, 2.05) is 24.3 Å². The Bertz CT molecular complexity index is 1950. The first kappa shape index (κ1) is 35.7. The molecule has 0 unspecified atom stereocenters. The number of benzene rings is 2. The number of fused-ring (bicyclic) bond motifs is 1. The topological polar surface area (TPSA) is 101 Å². The molecule has 0 radical (unpaired) electrons. The highest BCUT2D eigenvalue weighted by Crippen LogP contribution is 2.49. The molecule has 1 saturated heterocycles. The van der Waals surface area contributed by atoms with E-state index in [9.17, 15) is 18.7 Å². The van der Waals surface area contributed by atoms with E-state index in [1.165, 1.54) is 6.07 Å².